The van der Waals surface area contributed by atoms with Gasteiger partial charge >= 0.3 is 0 Å². The highest BCUT2D eigenvalue weighted by molar-refractivity contribution is 9.10. The van der Waals surface area contributed by atoms with Gasteiger partial charge in [-0.2, -0.15) is 0 Å². The van der Waals surface area contributed by atoms with E-state index in [4.69, 9.17) is 0 Å². The van der Waals surface area contributed by atoms with Crippen molar-refractivity contribution >= 4 is 15.9 Å². The highest BCUT2D eigenvalue weighted by Gasteiger charge is 1.98. The Hall–Kier alpha value is -1.26. The van der Waals surface area contributed by atoms with Crippen LogP contribution in [0.15, 0.2) is 35.1 Å². The van der Waals surface area contributed by atoms with Crippen LogP contribution in [0.2, 0.25) is 0 Å². The van der Waals surface area contributed by atoms with E-state index in [-0.39, 0.29) is 0 Å². The molecular formula is C14H16BrN3. The Balaban J connectivity index is 1.88. The van der Waals surface area contributed by atoms with Crippen LogP contribution in [0, 0.1) is 13.8 Å². The molecule has 0 aliphatic rings. The van der Waals surface area contributed by atoms with Crippen molar-refractivity contribution in [3.63, 3.8) is 0 Å². The first-order valence-electron chi connectivity index (χ1n) is 5.88. The monoisotopic (exact) mass is 305 g/mol. The number of hydrogen-bond acceptors (Lipinski definition) is 3. The Bertz CT molecular complexity index is 523. The number of rotatable bonds is 4. The van der Waals surface area contributed by atoms with Gasteiger partial charge in [0.05, 0.1) is 11.4 Å². The maximum absolute atomic E-state index is 4.31. The second-order valence-corrected chi connectivity index (χ2v) is 5.19. The maximum Gasteiger partial charge on any atom is 0.0724 e. The van der Waals surface area contributed by atoms with Crippen LogP contribution in [0.4, 0.5) is 0 Å². The number of benzene rings is 1. The Morgan fingerprint density at radius 3 is 2.61 bits per heavy atom. The lowest BCUT2D eigenvalue weighted by atomic mass is 10.1. The first-order valence-corrected chi connectivity index (χ1v) is 6.68. The summed E-state index contributed by atoms with van der Waals surface area (Å²) in [4.78, 5) is 8.53. The van der Waals surface area contributed by atoms with Crippen LogP contribution in [0.25, 0.3) is 0 Å². The summed E-state index contributed by atoms with van der Waals surface area (Å²) in [6.45, 7) is 5.61. The van der Waals surface area contributed by atoms with Crippen LogP contribution in [0.5, 0.6) is 0 Å². The van der Waals surface area contributed by atoms with Gasteiger partial charge in [0.2, 0.25) is 0 Å². The molecule has 0 saturated heterocycles. The minimum Gasteiger partial charge on any atom is -0.307 e. The third kappa shape index (κ3) is 3.62. The third-order valence-corrected chi connectivity index (χ3v) is 3.58. The van der Waals surface area contributed by atoms with Gasteiger partial charge in [0, 0.05) is 30.0 Å². The molecule has 18 heavy (non-hydrogen) atoms. The van der Waals surface area contributed by atoms with Crippen molar-refractivity contribution in [3.05, 3.63) is 57.6 Å². The first kappa shape index (κ1) is 13.2. The van der Waals surface area contributed by atoms with E-state index in [1.165, 1.54) is 11.1 Å². The van der Waals surface area contributed by atoms with Crippen molar-refractivity contribution in [2.24, 2.45) is 0 Å². The minimum absolute atomic E-state index is 0.738. The van der Waals surface area contributed by atoms with Crippen LogP contribution >= 0.6 is 15.9 Å². The predicted molar refractivity (Wildman–Crippen MR) is 76.2 cm³/mol. The highest BCUT2D eigenvalue weighted by atomic mass is 79.9. The Morgan fingerprint density at radius 1 is 1.11 bits per heavy atom. The Labute approximate surface area is 116 Å². The summed E-state index contributed by atoms with van der Waals surface area (Å²) in [6.07, 6.45) is 3.61. The lowest BCUT2D eigenvalue weighted by Crippen LogP contribution is -2.14. The summed E-state index contributed by atoms with van der Waals surface area (Å²) in [7, 11) is 0. The second-order valence-electron chi connectivity index (χ2n) is 4.34. The fourth-order valence-corrected chi connectivity index (χ4v) is 1.91. The molecule has 1 aromatic carbocycles. The SMILES string of the molecule is Cc1cnc(CNCc2ccc(Br)c(C)c2)cn1. The van der Waals surface area contributed by atoms with Crippen molar-refractivity contribution < 1.29 is 0 Å². The van der Waals surface area contributed by atoms with Gasteiger partial charge in [0.25, 0.3) is 0 Å². The molecule has 94 valence electrons. The van der Waals surface area contributed by atoms with Gasteiger partial charge in [-0.05, 0) is 31.0 Å². The van der Waals surface area contributed by atoms with Crippen LogP contribution in [0.3, 0.4) is 0 Å². The van der Waals surface area contributed by atoms with Crippen molar-refractivity contribution in [3.8, 4) is 0 Å². The van der Waals surface area contributed by atoms with E-state index < -0.39 is 0 Å². The van der Waals surface area contributed by atoms with Crippen molar-refractivity contribution in [2.75, 3.05) is 0 Å². The van der Waals surface area contributed by atoms with Crippen LogP contribution in [0.1, 0.15) is 22.5 Å². The van der Waals surface area contributed by atoms with E-state index in [1.807, 2.05) is 13.1 Å². The molecule has 0 unspecified atom stereocenters. The van der Waals surface area contributed by atoms with E-state index in [0.717, 1.165) is 29.0 Å². The molecule has 0 spiro atoms. The number of aryl methyl sites for hydroxylation is 2. The van der Waals surface area contributed by atoms with Gasteiger partial charge in [-0.25, -0.2) is 0 Å². The molecule has 0 aliphatic carbocycles. The number of nitrogens with one attached hydrogen (secondary N) is 1. The lowest BCUT2D eigenvalue weighted by molar-refractivity contribution is 0.675. The molecule has 4 heteroatoms. The number of halogens is 1. The lowest BCUT2D eigenvalue weighted by Gasteiger charge is -2.06. The summed E-state index contributed by atoms with van der Waals surface area (Å²) in [5.74, 6) is 0. The largest absolute Gasteiger partial charge is 0.307 e. The van der Waals surface area contributed by atoms with Crippen molar-refractivity contribution in [1.82, 2.24) is 15.3 Å². The van der Waals surface area contributed by atoms with Gasteiger partial charge < -0.3 is 5.32 Å². The molecule has 0 atom stereocenters. The summed E-state index contributed by atoms with van der Waals surface area (Å²) in [5, 5.41) is 3.37. The van der Waals surface area contributed by atoms with Gasteiger partial charge in [0.1, 0.15) is 0 Å². The fourth-order valence-electron chi connectivity index (χ4n) is 1.66. The van der Waals surface area contributed by atoms with Crippen LogP contribution in [-0.4, -0.2) is 9.97 Å². The summed E-state index contributed by atoms with van der Waals surface area (Å²) in [6, 6.07) is 6.38. The summed E-state index contributed by atoms with van der Waals surface area (Å²) < 4.78 is 1.15. The molecule has 0 saturated carbocycles. The Kier molecular flexibility index (Phi) is 4.44. The molecule has 1 aromatic heterocycles. The Morgan fingerprint density at radius 2 is 1.94 bits per heavy atom. The zero-order valence-corrected chi connectivity index (χ0v) is 12.2. The van der Waals surface area contributed by atoms with Crippen LogP contribution in [-0.2, 0) is 13.1 Å². The number of aromatic nitrogens is 2. The van der Waals surface area contributed by atoms with E-state index in [2.05, 4.69) is 56.3 Å². The van der Waals surface area contributed by atoms with E-state index in [0.29, 0.717) is 0 Å². The van der Waals surface area contributed by atoms with Crippen molar-refractivity contribution in [1.29, 1.82) is 0 Å². The molecule has 1 N–H and O–H groups in total. The molecule has 2 rings (SSSR count). The topological polar surface area (TPSA) is 37.8 Å². The molecule has 0 amide bonds. The zero-order chi connectivity index (χ0) is 13.0. The molecule has 0 aliphatic heterocycles. The number of hydrogen-bond donors (Lipinski definition) is 1. The van der Waals surface area contributed by atoms with E-state index in [9.17, 15) is 0 Å². The predicted octanol–water partition coefficient (Wildman–Crippen LogP) is 3.15. The number of nitrogens with zero attached hydrogens (tertiary/aromatic N) is 2. The second kappa shape index (κ2) is 6.07. The average Bonchev–Trinajstić information content (AvgIpc) is 2.36. The quantitative estimate of drug-likeness (QED) is 0.943. The molecule has 0 bridgehead atoms. The fraction of sp³-hybridized carbons (Fsp3) is 0.286. The maximum atomic E-state index is 4.31. The average molecular weight is 306 g/mol. The molecule has 0 fully saturated rings. The van der Waals surface area contributed by atoms with E-state index in [1.54, 1.807) is 6.20 Å². The van der Waals surface area contributed by atoms with E-state index >= 15 is 0 Å². The molecule has 1 heterocycles. The van der Waals surface area contributed by atoms with Gasteiger partial charge in [-0.1, -0.05) is 28.1 Å². The normalized spacial score (nSPS) is 10.6. The zero-order valence-electron chi connectivity index (χ0n) is 10.6. The molecule has 2 aromatic rings. The van der Waals surface area contributed by atoms with Gasteiger partial charge in [0.15, 0.2) is 0 Å². The highest BCUT2D eigenvalue weighted by Crippen LogP contribution is 2.16. The third-order valence-electron chi connectivity index (χ3n) is 2.69. The minimum atomic E-state index is 0.738. The van der Waals surface area contributed by atoms with Gasteiger partial charge in [-0.3, -0.25) is 9.97 Å². The molecule has 0 radical (unpaired) electrons. The first-order chi connectivity index (χ1) is 8.65. The molecular weight excluding hydrogens is 290 g/mol. The summed E-state index contributed by atoms with van der Waals surface area (Å²) >= 11 is 3.50. The smallest absolute Gasteiger partial charge is 0.0724 e. The van der Waals surface area contributed by atoms with Crippen molar-refractivity contribution in [2.45, 2.75) is 26.9 Å². The van der Waals surface area contributed by atoms with Crippen LogP contribution < -0.4 is 5.32 Å². The standard InChI is InChI=1S/C14H16BrN3/c1-10-5-12(3-4-14(10)15)7-16-8-13-9-17-11(2)6-18-13/h3-6,9,16H,7-8H2,1-2H3. The molecule has 3 nitrogen and oxygen atoms in total. The van der Waals surface area contributed by atoms with Gasteiger partial charge in [-0.15, -0.1) is 0 Å². The summed E-state index contributed by atoms with van der Waals surface area (Å²) in [5.41, 5.74) is 4.44.